The number of carboxylic acid groups (broad SMARTS) is 1. The van der Waals surface area contributed by atoms with E-state index >= 15 is 0 Å². The van der Waals surface area contributed by atoms with Gasteiger partial charge in [0.1, 0.15) is 16.6 Å². The Morgan fingerprint density at radius 2 is 1.74 bits per heavy atom. The van der Waals surface area contributed by atoms with Crippen molar-refractivity contribution >= 4 is 46.3 Å². The smallest absolute Gasteiger partial charge is 0.323 e. The molecule has 0 radical (unpaired) electrons. The molecule has 31 heavy (non-hydrogen) atoms. The van der Waals surface area contributed by atoms with Crippen molar-refractivity contribution in [3.8, 4) is 5.75 Å². The fraction of sp³-hybridized carbons (Fsp3) is 0.458. The van der Waals surface area contributed by atoms with Crippen LogP contribution in [0.2, 0.25) is 0 Å². The molecule has 1 amide bonds. The van der Waals surface area contributed by atoms with E-state index in [9.17, 15) is 9.59 Å². The fourth-order valence-electron chi connectivity index (χ4n) is 3.13. The lowest BCUT2D eigenvalue weighted by molar-refractivity contribution is -0.140. The molecule has 1 aliphatic heterocycles. The van der Waals surface area contributed by atoms with Gasteiger partial charge in [-0.3, -0.25) is 14.5 Å². The topological polar surface area (TPSA) is 66.8 Å². The number of thiocarbonyl (C=S) groups is 1. The van der Waals surface area contributed by atoms with Crippen molar-refractivity contribution < 1.29 is 19.4 Å². The molecule has 0 aromatic heterocycles. The minimum atomic E-state index is -1.09. The van der Waals surface area contributed by atoms with E-state index in [1.165, 1.54) is 44.9 Å². The first-order chi connectivity index (χ1) is 15.0. The summed E-state index contributed by atoms with van der Waals surface area (Å²) in [5.74, 6) is -0.598. The van der Waals surface area contributed by atoms with E-state index in [2.05, 4.69) is 6.92 Å². The van der Waals surface area contributed by atoms with Gasteiger partial charge in [-0.2, -0.15) is 0 Å². The molecule has 5 nitrogen and oxygen atoms in total. The maximum absolute atomic E-state index is 12.2. The highest BCUT2D eigenvalue weighted by Gasteiger charge is 2.32. The zero-order chi connectivity index (χ0) is 22.5. The molecule has 1 aromatic carbocycles. The van der Waals surface area contributed by atoms with E-state index < -0.39 is 12.5 Å². The molecule has 0 aliphatic carbocycles. The molecule has 1 saturated heterocycles. The molecule has 0 atom stereocenters. The van der Waals surface area contributed by atoms with Crippen molar-refractivity contribution in [2.24, 2.45) is 0 Å². The quantitative estimate of drug-likeness (QED) is 0.207. The molecule has 0 saturated carbocycles. The number of rotatable bonds is 14. The van der Waals surface area contributed by atoms with Crippen LogP contribution in [0.5, 0.6) is 5.75 Å². The molecule has 1 aromatic rings. The van der Waals surface area contributed by atoms with Crippen LogP contribution in [-0.4, -0.2) is 39.4 Å². The van der Waals surface area contributed by atoms with Crippen molar-refractivity contribution in [2.75, 3.05) is 13.2 Å². The molecule has 1 fully saturated rings. The lowest BCUT2D eigenvalue weighted by Gasteiger charge is -2.09. The lowest BCUT2D eigenvalue weighted by atomic mass is 10.1. The van der Waals surface area contributed by atoms with E-state index in [0.29, 0.717) is 4.91 Å². The summed E-state index contributed by atoms with van der Waals surface area (Å²) in [6.07, 6.45) is 15.6. The van der Waals surface area contributed by atoms with E-state index in [0.717, 1.165) is 41.0 Å². The van der Waals surface area contributed by atoms with Crippen LogP contribution in [0.15, 0.2) is 41.3 Å². The van der Waals surface area contributed by atoms with Gasteiger partial charge in [0.05, 0.1) is 11.5 Å². The first-order valence-electron chi connectivity index (χ1n) is 10.9. The van der Waals surface area contributed by atoms with E-state index in [-0.39, 0.29) is 10.2 Å². The summed E-state index contributed by atoms with van der Waals surface area (Å²) in [5, 5.41) is 8.86. The maximum Gasteiger partial charge on any atom is 0.323 e. The number of ether oxygens (including phenoxy) is 1. The van der Waals surface area contributed by atoms with Crippen molar-refractivity contribution in [3.63, 3.8) is 0 Å². The number of benzene rings is 1. The van der Waals surface area contributed by atoms with Gasteiger partial charge in [-0.1, -0.05) is 100 Å². The molecule has 168 valence electrons. The van der Waals surface area contributed by atoms with Crippen LogP contribution in [0.1, 0.15) is 63.9 Å². The van der Waals surface area contributed by atoms with Gasteiger partial charge in [0, 0.05) is 0 Å². The molecule has 0 bridgehead atoms. The highest BCUT2D eigenvalue weighted by atomic mass is 32.2. The summed E-state index contributed by atoms with van der Waals surface area (Å²) in [7, 11) is 0. The van der Waals surface area contributed by atoms with Crippen LogP contribution < -0.4 is 4.74 Å². The minimum absolute atomic E-state index is 0.269. The predicted molar refractivity (Wildman–Crippen MR) is 131 cm³/mol. The number of aliphatic carboxylic acids is 1. The number of unbranched alkanes of at least 4 members (excludes halogenated alkanes) is 7. The first kappa shape index (κ1) is 25.1. The highest BCUT2D eigenvalue weighted by Crippen LogP contribution is 2.30. The van der Waals surface area contributed by atoms with Gasteiger partial charge in [-0.05, 0) is 30.2 Å². The van der Waals surface area contributed by atoms with Crippen LogP contribution in [0.25, 0.3) is 6.08 Å². The number of amides is 1. The monoisotopic (exact) mass is 461 g/mol. The number of thioether (sulfide) groups is 1. The third-order valence-corrected chi connectivity index (χ3v) is 6.25. The summed E-state index contributed by atoms with van der Waals surface area (Å²) in [4.78, 5) is 24.6. The Kier molecular flexibility index (Phi) is 11.4. The standard InChI is InChI=1S/C24H31NO4S2/c1-2-3-4-5-6-7-8-9-17-29-20-15-13-19(14-16-20)11-10-12-21-23(28)25(18-22(26)27)24(30)31-21/h10-16H,2-9,17-18H2,1H3,(H,26,27). The van der Waals surface area contributed by atoms with Crippen molar-refractivity contribution in [1.29, 1.82) is 0 Å². The van der Waals surface area contributed by atoms with Gasteiger partial charge in [-0.15, -0.1) is 0 Å². The number of carbonyl (C=O) groups excluding carboxylic acids is 1. The molecular formula is C24H31NO4S2. The summed E-state index contributed by atoms with van der Waals surface area (Å²) < 4.78 is 6.08. The van der Waals surface area contributed by atoms with Gasteiger partial charge in [0.25, 0.3) is 5.91 Å². The maximum atomic E-state index is 12.2. The Labute approximate surface area is 194 Å². The van der Waals surface area contributed by atoms with Crippen molar-refractivity contribution in [1.82, 2.24) is 4.90 Å². The van der Waals surface area contributed by atoms with Crippen LogP contribution >= 0.6 is 24.0 Å². The molecule has 0 unspecified atom stereocenters. The number of hydrogen-bond acceptors (Lipinski definition) is 5. The number of nitrogens with zero attached hydrogens (tertiary/aromatic N) is 1. The molecule has 1 heterocycles. The molecule has 1 aliphatic rings. The number of hydrogen-bond donors (Lipinski definition) is 1. The number of carbonyl (C=O) groups is 2. The Morgan fingerprint density at radius 3 is 2.39 bits per heavy atom. The predicted octanol–water partition coefficient (Wildman–Crippen LogP) is 6.05. The zero-order valence-corrected chi connectivity index (χ0v) is 19.7. The van der Waals surface area contributed by atoms with E-state index in [1.807, 2.05) is 30.3 Å². The van der Waals surface area contributed by atoms with Gasteiger partial charge in [0.15, 0.2) is 0 Å². The fourth-order valence-corrected chi connectivity index (χ4v) is 4.34. The Bertz CT molecular complexity index is 802. The second kappa shape index (κ2) is 14.0. The van der Waals surface area contributed by atoms with Crippen LogP contribution in [0, 0.1) is 0 Å². The summed E-state index contributed by atoms with van der Waals surface area (Å²) in [5.41, 5.74) is 0.983. The minimum Gasteiger partial charge on any atom is -0.494 e. The Hall–Kier alpha value is -2.12. The molecular weight excluding hydrogens is 430 g/mol. The third-order valence-electron chi connectivity index (χ3n) is 4.85. The van der Waals surface area contributed by atoms with Crippen LogP contribution in [0.3, 0.4) is 0 Å². The average Bonchev–Trinajstić information content (AvgIpc) is 3.01. The van der Waals surface area contributed by atoms with Gasteiger partial charge in [0.2, 0.25) is 0 Å². The molecule has 2 rings (SSSR count). The summed E-state index contributed by atoms with van der Waals surface area (Å²) in [6.45, 7) is 2.57. The first-order valence-corrected chi connectivity index (χ1v) is 12.1. The second-order valence-corrected chi connectivity index (χ2v) is 9.11. The van der Waals surface area contributed by atoms with E-state index in [1.54, 1.807) is 12.2 Å². The second-order valence-electron chi connectivity index (χ2n) is 7.44. The summed E-state index contributed by atoms with van der Waals surface area (Å²) >= 11 is 6.19. The number of carboxylic acids is 1. The zero-order valence-electron chi connectivity index (χ0n) is 18.0. The van der Waals surface area contributed by atoms with Crippen LogP contribution in [0.4, 0.5) is 0 Å². The molecule has 7 heteroatoms. The Morgan fingerprint density at radius 1 is 1.10 bits per heavy atom. The van der Waals surface area contributed by atoms with Gasteiger partial charge >= 0.3 is 5.97 Å². The molecule has 0 spiro atoms. The van der Waals surface area contributed by atoms with Crippen molar-refractivity contribution in [3.05, 3.63) is 46.9 Å². The average molecular weight is 462 g/mol. The third kappa shape index (κ3) is 9.27. The van der Waals surface area contributed by atoms with Crippen LogP contribution in [-0.2, 0) is 9.59 Å². The Balaban J connectivity index is 1.70. The highest BCUT2D eigenvalue weighted by molar-refractivity contribution is 8.26. The van der Waals surface area contributed by atoms with Crippen molar-refractivity contribution in [2.45, 2.75) is 58.3 Å². The number of allylic oxidation sites excluding steroid dienone is 2. The summed E-state index contributed by atoms with van der Waals surface area (Å²) in [6, 6.07) is 7.81. The molecule has 1 N–H and O–H groups in total. The van der Waals surface area contributed by atoms with Gasteiger partial charge < -0.3 is 9.84 Å². The van der Waals surface area contributed by atoms with E-state index in [4.69, 9.17) is 22.1 Å². The normalized spacial score (nSPS) is 15.4. The largest absolute Gasteiger partial charge is 0.494 e. The SMILES string of the molecule is CCCCCCCCCCOc1ccc(C=CC=C2SC(=S)N(CC(=O)O)C2=O)cc1. The lowest BCUT2D eigenvalue weighted by Crippen LogP contribution is -2.33. The van der Waals surface area contributed by atoms with Gasteiger partial charge in [-0.25, -0.2) is 0 Å².